The number of benzene rings is 1. The monoisotopic (exact) mass is 545 g/mol. The van der Waals surface area contributed by atoms with Crippen molar-refractivity contribution < 1.29 is 24.2 Å². The predicted octanol–water partition coefficient (Wildman–Crippen LogP) is 6.23. The molecule has 2 unspecified atom stereocenters. The van der Waals surface area contributed by atoms with Crippen molar-refractivity contribution in [2.75, 3.05) is 6.54 Å². The lowest BCUT2D eigenvalue weighted by atomic mass is 9.94. The number of hydrogen-bond donors (Lipinski definition) is 3. The Morgan fingerprint density at radius 1 is 1.08 bits per heavy atom. The highest BCUT2D eigenvalue weighted by Crippen LogP contribution is 2.28. The van der Waals surface area contributed by atoms with Crippen LogP contribution in [0.15, 0.2) is 24.3 Å². The van der Waals surface area contributed by atoms with Gasteiger partial charge in [0.05, 0.1) is 0 Å². The first-order valence-corrected chi connectivity index (χ1v) is 14.8. The zero-order valence-electron chi connectivity index (χ0n) is 24.9. The number of aromatic hydroxyl groups is 1. The average Bonchev–Trinajstić information content (AvgIpc) is 2.84. The van der Waals surface area contributed by atoms with Crippen molar-refractivity contribution in [1.29, 1.82) is 0 Å². The molecule has 1 saturated carbocycles. The number of carbonyl (C=O) groups is 3. The summed E-state index contributed by atoms with van der Waals surface area (Å²) in [6.45, 7) is 11.8. The first kappa shape index (κ1) is 32.4. The van der Waals surface area contributed by atoms with Gasteiger partial charge in [-0.2, -0.15) is 0 Å². The van der Waals surface area contributed by atoms with Crippen molar-refractivity contribution in [2.24, 2.45) is 5.92 Å². The lowest BCUT2D eigenvalue weighted by molar-refractivity contribution is -0.143. The minimum absolute atomic E-state index is 0.0342. The van der Waals surface area contributed by atoms with E-state index in [9.17, 15) is 19.5 Å². The Balaban J connectivity index is 2.46. The number of ether oxygens (including phenoxy) is 1. The molecule has 2 rings (SSSR count). The van der Waals surface area contributed by atoms with Crippen LogP contribution in [0.25, 0.3) is 0 Å². The topological polar surface area (TPSA) is 108 Å². The molecule has 1 aliphatic carbocycles. The molecular formula is C31H51N3O5. The van der Waals surface area contributed by atoms with E-state index in [-0.39, 0.29) is 29.5 Å². The summed E-state index contributed by atoms with van der Waals surface area (Å²) < 4.78 is 5.47. The number of unbranched alkanes of at least 4 members (excludes halogenated alkanes) is 3. The van der Waals surface area contributed by atoms with E-state index >= 15 is 0 Å². The molecule has 0 aliphatic heterocycles. The summed E-state index contributed by atoms with van der Waals surface area (Å²) in [6, 6.07) is 4.85. The lowest BCUT2D eigenvalue weighted by Crippen LogP contribution is -2.54. The maximum Gasteiger partial charge on any atom is 0.408 e. The summed E-state index contributed by atoms with van der Waals surface area (Å²) in [6.07, 6.45) is 8.60. The highest BCUT2D eigenvalue weighted by atomic mass is 16.6. The number of phenolic OH excluding ortho intramolecular Hbond substituents is 1. The van der Waals surface area contributed by atoms with Crippen LogP contribution in [0.2, 0.25) is 0 Å². The molecule has 1 aromatic carbocycles. The maximum atomic E-state index is 14.3. The molecule has 3 N–H and O–H groups in total. The van der Waals surface area contributed by atoms with E-state index in [0.29, 0.717) is 18.5 Å². The number of amides is 3. The van der Waals surface area contributed by atoms with Gasteiger partial charge in [-0.05, 0) is 70.1 Å². The van der Waals surface area contributed by atoms with Crippen LogP contribution in [-0.2, 0) is 14.3 Å². The van der Waals surface area contributed by atoms with Crippen LogP contribution in [0.4, 0.5) is 4.79 Å². The molecular weight excluding hydrogens is 494 g/mol. The third-order valence-corrected chi connectivity index (χ3v) is 6.93. The molecule has 0 saturated heterocycles. The van der Waals surface area contributed by atoms with Crippen LogP contribution in [0.3, 0.4) is 0 Å². The second-order valence-electron chi connectivity index (χ2n) is 12.3. The van der Waals surface area contributed by atoms with Gasteiger partial charge in [0.15, 0.2) is 0 Å². The Morgan fingerprint density at radius 3 is 2.36 bits per heavy atom. The smallest absolute Gasteiger partial charge is 0.408 e. The number of nitrogens with one attached hydrogen (secondary N) is 2. The Bertz CT molecular complexity index is 921. The molecule has 0 spiro atoms. The minimum Gasteiger partial charge on any atom is -0.508 e. The van der Waals surface area contributed by atoms with E-state index in [1.165, 1.54) is 0 Å². The van der Waals surface area contributed by atoms with Crippen LogP contribution in [0, 0.1) is 5.92 Å². The second kappa shape index (κ2) is 15.7. The van der Waals surface area contributed by atoms with Crippen LogP contribution in [-0.4, -0.2) is 52.1 Å². The lowest BCUT2D eigenvalue weighted by Gasteiger charge is -2.36. The molecule has 0 heterocycles. The first-order valence-electron chi connectivity index (χ1n) is 14.8. The van der Waals surface area contributed by atoms with E-state index in [1.54, 1.807) is 49.9 Å². The fourth-order valence-electron chi connectivity index (χ4n) is 5.11. The number of hydrogen-bond acceptors (Lipinski definition) is 5. The standard InChI is InChI=1S/C31H51N3O5/c1-7-8-9-13-19-34(29(37)26(20-22(2)3)33-30(38)39-31(4,5)6)27(23-15-14-18-25(35)21-23)28(36)32-24-16-11-10-12-17-24/h14-15,18,21-22,24,26-27,35H,7-13,16-17,19-20H2,1-6H3,(H,32,36)(H,33,38). The quantitative estimate of drug-likeness (QED) is 0.255. The molecule has 8 heteroatoms. The molecule has 0 aromatic heterocycles. The van der Waals surface area contributed by atoms with Crippen molar-refractivity contribution in [1.82, 2.24) is 15.5 Å². The van der Waals surface area contributed by atoms with Crippen molar-refractivity contribution in [3.63, 3.8) is 0 Å². The van der Waals surface area contributed by atoms with Gasteiger partial charge in [-0.25, -0.2) is 4.79 Å². The van der Waals surface area contributed by atoms with Crippen molar-refractivity contribution in [3.05, 3.63) is 29.8 Å². The van der Waals surface area contributed by atoms with Crippen LogP contribution < -0.4 is 10.6 Å². The number of nitrogens with zero attached hydrogens (tertiary/aromatic N) is 1. The Kier molecular flexibility index (Phi) is 13.1. The molecule has 3 amide bonds. The fourth-order valence-corrected chi connectivity index (χ4v) is 5.11. The van der Waals surface area contributed by atoms with E-state index < -0.39 is 23.8 Å². The van der Waals surface area contributed by atoms with Gasteiger partial charge >= 0.3 is 6.09 Å². The van der Waals surface area contributed by atoms with Crippen LogP contribution in [0.1, 0.15) is 117 Å². The first-order chi connectivity index (χ1) is 18.4. The third-order valence-electron chi connectivity index (χ3n) is 6.93. The molecule has 1 fully saturated rings. The van der Waals surface area contributed by atoms with E-state index in [0.717, 1.165) is 57.8 Å². The summed E-state index contributed by atoms with van der Waals surface area (Å²) in [5.74, 6) is -0.423. The minimum atomic E-state index is -0.928. The van der Waals surface area contributed by atoms with E-state index in [1.807, 2.05) is 13.8 Å². The van der Waals surface area contributed by atoms with Gasteiger partial charge < -0.3 is 25.4 Å². The highest BCUT2D eigenvalue weighted by Gasteiger charge is 2.37. The maximum absolute atomic E-state index is 14.3. The van der Waals surface area contributed by atoms with Gasteiger partial charge in [0, 0.05) is 12.6 Å². The Hall–Kier alpha value is -2.77. The SMILES string of the molecule is CCCCCCN(C(=O)C(CC(C)C)NC(=O)OC(C)(C)C)C(C(=O)NC1CCCCC1)c1cccc(O)c1. The van der Waals surface area contributed by atoms with Gasteiger partial charge in [-0.15, -0.1) is 0 Å². The van der Waals surface area contributed by atoms with Crippen molar-refractivity contribution in [3.8, 4) is 5.75 Å². The molecule has 2 atom stereocenters. The summed E-state index contributed by atoms with van der Waals surface area (Å²) >= 11 is 0. The van der Waals surface area contributed by atoms with Crippen molar-refractivity contribution in [2.45, 2.75) is 129 Å². The molecule has 8 nitrogen and oxygen atoms in total. The van der Waals surface area contributed by atoms with Crippen LogP contribution in [0.5, 0.6) is 5.75 Å². The zero-order chi connectivity index (χ0) is 29.0. The largest absolute Gasteiger partial charge is 0.508 e. The number of alkyl carbamates (subject to hydrolysis) is 1. The van der Waals surface area contributed by atoms with Gasteiger partial charge in [0.2, 0.25) is 11.8 Å². The molecule has 1 aliphatic rings. The Morgan fingerprint density at radius 2 is 1.77 bits per heavy atom. The number of phenols is 1. The summed E-state index contributed by atoms with van der Waals surface area (Å²) in [4.78, 5) is 42.5. The van der Waals surface area contributed by atoms with Gasteiger partial charge in [-0.1, -0.05) is 71.4 Å². The summed E-state index contributed by atoms with van der Waals surface area (Å²) in [5.41, 5.74) is -0.160. The highest BCUT2D eigenvalue weighted by molar-refractivity contribution is 5.92. The summed E-state index contributed by atoms with van der Waals surface area (Å²) in [5, 5.41) is 16.3. The predicted molar refractivity (Wildman–Crippen MR) is 154 cm³/mol. The fraction of sp³-hybridized carbons (Fsp3) is 0.710. The molecule has 39 heavy (non-hydrogen) atoms. The second-order valence-corrected chi connectivity index (χ2v) is 12.3. The van der Waals surface area contributed by atoms with Gasteiger partial charge in [0.1, 0.15) is 23.4 Å². The molecule has 220 valence electrons. The molecule has 0 radical (unpaired) electrons. The summed E-state index contributed by atoms with van der Waals surface area (Å²) in [7, 11) is 0. The third kappa shape index (κ3) is 11.5. The molecule has 0 bridgehead atoms. The Labute approximate surface area is 235 Å². The number of rotatable bonds is 13. The molecule has 1 aromatic rings. The normalized spacial score (nSPS) is 15.9. The average molecular weight is 546 g/mol. The van der Waals surface area contributed by atoms with E-state index in [2.05, 4.69) is 17.6 Å². The zero-order valence-corrected chi connectivity index (χ0v) is 24.9. The van der Waals surface area contributed by atoms with Crippen molar-refractivity contribution >= 4 is 17.9 Å². The van der Waals surface area contributed by atoms with Gasteiger partial charge in [-0.3, -0.25) is 9.59 Å². The number of carbonyl (C=O) groups excluding carboxylic acids is 3. The van der Waals surface area contributed by atoms with Gasteiger partial charge in [0.25, 0.3) is 0 Å². The van der Waals surface area contributed by atoms with Crippen LogP contribution >= 0.6 is 0 Å². The van der Waals surface area contributed by atoms with E-state index in [4.69, 9.17) is 4.74 Å².